The quantitative estimate of drug-likeness (QED) is 0.810. The molecule has 0 aromatic carbocycles. The van der Waals surface area contributed by atoms with E-state index in [1.807, 2.05) is 20.8 Å². The van der Waals surface area contributed by atoms with Crippen molar-refractivity contribution >= 4 is 17.1 Å². The van der Waals surface area contributed by atoms with Crippen molar-refractivity contribution in [2.24, 2.45) is 19.5 Å². The molecule has 2 aromatic rings. The van der Waals surface area contributed by atoms with Crippen molar-refractivity contribution in [1.29, 1.82) is 0 Å². The number of aryl methyl sites for hydroxylation is 1. The number of rotatable bonds is 3. The summed E-state index contributed by atoms with van der Waals surface area (Å²) in [5.74, 6) is 0.509. The van der Waals surface area contributed by atoms with Crippen molar-refractivity contribution in [3.63, 3.8) is 0 Å². The number of aromatic amines is 1. The number of fused-ring (bicyclic) bond motifs is 1. The summed E-state index contributed by atoms with van der Waals surface area (Å²) >= 11 is 0. The van der Waals surface area contributed by atoms with Crippen LogP contribution in [0.2, 0.25) is 0 Å². The summed E-state index contributed by atoms with van der Waals surface area (Å²) in [6.07, 6.45) is 0.452. The van der Waals surface area contributed by atoms with Gasteiger partial charge in [-0.25, -0.2) is 9.78 Å². The van der Waals surface area contributed by atoms with E-state index in [4.69, 9.17) is 0 Å². The van der Waals surface area contributed by atoms with Gasteiger partial charge in [0.05, 0.1) is 0 Å². The number of nitrogens with zero attached hydrogens (tertiary/aromatic N) is 3. The van der Waals surface area contributed by atoms with Gasteiger partial charge in [0.1, 0.15) is 11.3 Å². The molecule has 0 atom stereocenters. The third-order valence-electron chi connectivity index (χ3n) is 3.47. The predicted molar refractivity (Wildman–Crippen MR) is 82.7 cm³/mol. The van der Waals surface area contributed by atoms with Crippen molar-refractivity contribution < 1.29 is 4.79 Å². The molecule has 0 aliphatic carbocycles. The molecule has 0 saturated carbocycles. The lowest BCUT2D eigenvalue weighted by atomic mass is 9.96. The second-order valence-electron chi connectivity index (χ2n) is 6.34. The third kappa shape index (κ3) is 2.81. The number of carbonyl (C=O) groups is 1. The summed E-state index contributed by atoms with van der Waals surface area (Å²) in [6.45, 7) is 5.92. The standard InChI is InChI=1S/C14H21N5O3/c1-14(2,3)12(21)15-7-6-8-16-9-10(17-8)18(4)13(22)19(5)11(9)20/h6-7H2,1-5H3,(H,15,21)(H,16,17). The maximum Gasteiger partial charge on any atom is 0.332 e. The highest BCUT2D eigenvalue weighted by atomic mass is 16.2. The molecule has 8 heteroatoms. The molecule has 22 heavy (non-hydrogen) atoms. The number of aromatic nitrogens is 4. The van der Waals surface area contributed by atoms with Gasteiger partial charge in [-0.2, -0.15) is 0 Å². The van der Waals surface area contributed by atoms with Crippen LogP contribution in [0.1, 0.15) is 26.6 Å². The van der Waals surface area contributed by atoms with E-state index in [0.717, 1.165) is 4.57 Å². The van der Waals surface area contributed by atoms with Crippen LogP contribution in [-0.4, -0.2) is 31.6 Å². The van der Waals surface area contributed by atoms with Gasteiger partial charge in [0, 0.05) is 32.5 Å². The van der Waals surface area contributed by atoms with E-state index in [1.54, 1.807) is 7.05 Å². The normalized spacial score (nSPS) is 11.9. The van der Waals surface area contributed by atoms with E-state index in [-0.39, 0.29) is 5.91 Å². The van der Waals surface area contributed by atoms with Crippen molar-refractivity contribution in [2.75, 3.05) is 6.54 Å². The second-order valence-corrected chi connectivity index (χ2v) is 6.34. The number of hydrogen-bond donors (Lipinski definition) is 2. The Kier molecular flexibility index (Phi) is 3.95. The Morgan fingerprint density at radius 2 is 1.86 bits per heavy atom. The van der Waals surface area contributed by atoms with Gasteiger partial charge in [0.25, 0.3) is 5.56 Å². The molecule has 8 nitrogen and oxygen atoms in total. The number of hydrogen-bond acceptors (Lipinski definition) is 4. The Balaban J connectivity index is 2.23. The second kappa shape index (κ2) is 5.43. The molecule has 0 unspecified atom stereocenters. The van der Waals surface area contributed by atoms with E-state index < -0.39 is 16.7 Å². The lowest BCUT2D eigenvalue weighted by Gasteiger charge is -2.17. The number of nitrogens with one attached hydrogen (secondary N) is 2. The first-order valence-corrected chi connectivity index (χ1v) is 7.06. The highest BCUT2D eigenvalue weighted by Gasteiger charge is 2.20. The maximum absolute atomic E-state index is 12.0. The van der Waals surface area contributed by atoms with Crippen LogP contribution in [0.4, 0.5) is 0 Å². The first-order chi connectivity index (χ1) is 10.1. The van der Waals surface area contributed by atoms with E-state index in [1.165, 1.54) is 11.6 Å². The monoisotopic (exact) mass is 307 g/mol. The van der Waals surface area contributed by atoms with E-state index in [0.29, 0.717) is 30.0 Å². The molecule has 2 aromatic heterocycles. The third-order valence-corrected chi connectivity index (χ3v) is 3.47. The van der Waals surface area contributed by atoms with Crippen molar-refractivity contribution in [1.82, 2.24) is 24.4 Å². The number of imidazole rings is 1. The Bertz CT molecular complexity index is 835. The van der Waals surface area contributed by atoms with Crippen molar-refractivity contribution in [3.05, 3.63) is 26.7 Å². The zero-order valence-electron chi connectivity index (χ0n) is 13.5. The molecule has 0 spiro atoms. The highest BCUT2D eigenvalue weighted by molar-refractivity contribution is 5.81. The zero-order chi connectivity index (χ0) is 16.7. The summed E-state index contributed by atoms with van der Waals surface area (Å²) in [7, 11) is 2.99. The molecular weight excluding hydrogens is 286 g/mol. The highest BCUT2D eigenvalue weighted by Crippen LogP contribution is 2.12. The summed E-state index contributed by atoms with van der Waals surface area (Å²) in [4.78, 5) is 42.9. The van der Waals surface area contributed by atoms with Gasteiger partial charge >= 0.3 is 5.69 Å². The van der Waals surface area contributed by atoms with Gasteiger partial charge in [-0.1, -0.05) is 20.8 Å². The Hall–Kier alpha value is -2.38. The first-order valence-electron chi connectivity index (χ1n) is 7.06. The molecule has 0 bridgehead atoms. The van der Waals surface area contributed by atoms with Crippen LogP contribution in [0.3, 0.4) is 0 Å². The molecule has 0 fully saturated rings. The van der Waals surface area contributed by atoms with Crippen LogP contribution >= 0.6 is 0 Å². The van der Waals surface area contributed by atoms with Gasteiger partial charge in [-0.05, 0) is 0 Å². The van der Waals surface area contributed by atoms with Crippen LogP contribution in [0, 0.1) is 5.41 Å². The van der Waals surface area contributed by atoms with Gasteiger partial charge < -0.3 is 10.3 Å². The fourth-order valence-electron chi connectivity index (χ4n) is 2.05. The minimum atomic E-state index is -0.451. The van der Waals surface area contributed by atoms with Crippen LogP contribution in [-0.2, 0) is 25.3 Å². The lowest BCUT2D eigenvalue weighted by Crippen LogP contribution is -2.36. The predicted octanol–water partition coefficient (Wildman–Crippen LogP) is -0.335. The van der Waals surface area contributed by atoms with Crippen LogP contribution < -0.4 is 16.6 Å². The molecule has 0 radical (unpaired) electrons. The Morgan fingerprint density at radius 1 is 1.23 bits per heavy atom. The van der Waals surface area contributed by atoms with Gasteiger partial charge in [0.2, 0.25) is 5.91 Å². The van der Waals surface area contributed by atoms with Crippen molar-refractivity contribution in [3.8, 4) is 0 Å². The number of amides is 1. The maximum atomic E-state index is 12.0. The van der Waals surface area contributed by atoms with Gasteiger partial charge in [-0.3, -0.25) is 18.7 Å². The summed E-state index contributed by atoms with van der Waals surface area (Å²) < 4.78 is 2.36. The van der Waals surface area contributed by atoms with Crippen molar-refractivity contribution in [2.45, 2.75) is 27.2 Å². The molecule has 2 heterocycles. The molecule has 2 N–H and O–H groups in total. The van der Waals surface area contributed by atoms with Gasteiger partial charge in [-0.15, -0.1) is 0 Å². The zero-order valence-corrected chi connectivity index (χ0v) is 13.5. The topological polar surface area (TPSA) is 102 Å². The van der Waals surface area contributed by atoms with E-state index in [2.05, 4.69) is 15.3 Å². The minimum Gasteiger partial charge on any atom is -0.355 e. The molecule has 0 aliphatic rings. The van der Waals surface area contributed by atoms with E-state index in [9.17, 15) is 14.4 Å². The average molecular weight is 307 g/mol. The molecule has 1 amide bonds. The van der Waals surface area contributed by atoms with Crippen LogP contribution in [0.5, 0.6) is 0 Å². The smallest absolute Gasteiger partial charge is 0.332 e. The largest absolute Gasteiger partial charge is 0.355 e. The Labute approximate surface area is 127 Å². The molecule has 2 rings (SSSR count). The van der Waals surface area contributed by atoms with E-state index >= 15 is 0 Å². The van der Waals surface area contributed by atoms with Crippen LogP contribution in [0.15, 0.2) is 9.59 Å². The number of H-pyrrole nitrogens is 1. The average Bonchev–Trinajstić information content (AvgIpc) is 2.86. The summed E-state index contributed by atoms with van der Waals surface area (Å²) in [5, 5.41) is 2.82. The summed E-state index contributed by atoms with van der Waals surface area (Å²) in [6, 6.07) is 0. The van der Waals surface area contributed by atoms with Crippen LogP contribution in [0.25, 0.3) is 11.2 Å². The number of carbonyl (C=O) groups excluding carboxylic acids is 1. The fourth-order valence-corrected chi connectivity index (χ4v) is 2.05. The molecule has 120 valence electrons. The SMILES string of the molecule is Cn1c(=O)c2[nH]c(CCNC(=O)C(C)(C)C)nc2n(C)c1=O. The molecular formula is C14H21N5O3. The molecule has 0 aliphatic heterocycles. The Morgan fingerprint density at radius 3 is 2.45 bits per heavy atom. The summed E-state index contributed by atoms with van der Waals surface area (Å²) in [5.41, 5.74) is -0.660. The lowest BCUT2D eigenvalue weighted by molar-refractivity contribution is -0.128. The first kappa shape index (κ1) is 16.0. The minimum absolute atomic E-state index is 0.0491. The fraction of sp³-hybridized carbons (Fsp3) is 0.571. The molecule has 0 saturated heterocycles. The van der Waals surface area contributed by atoms with Gasteiger partial charge in [0.15, 0.2) is 5.65 Å².